The molecule has 274 valence electrons. The van der Waals surface area contributed by atoms with E-state index in [0.717, 1.165) is 45.1 Å². The Hall–Kier alpha value is -1.41. The highest BCUT2D eigenvalue weighted by molar-refractivity contribution is 5.78. The average Bonchev–Trinajstić information content (AvgIpc) is 3.07. The van der Waals surface area contributed by atoms with Crippen molar-refractivity contribution in [3.05, 3.63) is 48.6 Å². The molecule has 0 aliphatic heterocycles. The smallest absolute Gasteiger partial charge is 0.133 e. The molecule has 0 aliphatic rings. The lowest BCUT2D eigenvalue weighted by molar-refractivity contribution is -0.120. The Labute approximate surface area is 296 Å². The molecule has 0 aromatic heterocycles. The van der Waals surface area contributed by atoms with Crippen molar-refractivity contribution in [2.75, 3.05) is 13.6 Å². The molecule has 1 unspecified atom stereocenters. The average molecular weight is 654 g/mol. The first-order valence-corrected chi connectivity index (χ1v) is 21.0. The summed E-state index contributed by atoms with van der Waals surface area (Å²) in [6.45, 7) is 5.56. The second kappa shape index (κ2) is 40.8. The number of unbranched alkanes of at least 4 members (excludes halogenated alkanes) is 20. The first-order chi connectivity index (χ1) is 23.2. The lowest BCUT2D eigenvalue weighted by Crippen LogP contribution is -2.11. The number of Topliss-reactive ketones (excluding diaryl/α,β-unsaturated/α-hetero) is 1. The topological polar surface area (TPSA) is 29.1 Å². The van der Waals surface area contributed by atoms with E-state index < -0.39 is 0 Å². The Morgan fingerprint density at radius 3 is 1.26 bits per heavy atom. The molecule has 1 atom stereocenters. The van der Waals surface area contributed by atoms with Gasteiger partial charge >= 0.3 is 0 Å². The van der Waals surface area contributed by atoms with Gasteiger partial charge in [0, 0.05) is 12.8 Å². The summed E-state index contributed by atoms with van der Waals surface area (Å²) < 4.78 is 0. The van der Waals surface area contributed by atoms with Gasteiger partial charge in [0.15, 0.2) is 0 Å². The molecule has 0 rings (SSSR count). The number of hydrogen-bond donors (Lipinski definition) is 1. The summed E-state index contributed by atoms with van der Waals surface area (Å²) in [5, 5.41) is 3.21. The van der Waals surface area contributed by atoms with Gasteiger partial charge < -0.3 is 5.32 Å². The highest BCUT2D eigenvalue weighted by Crippen LogP contribution is 2.23. The van der Waals surface area contributed by atoms with E-state index in [4.69, 9.17) is 0 Å². The van der Waals surface area contributed by atoms with Crippen LogP contribution in [0, 0.1) is 5.92 Å². The van der Waals surface area contributed by atoms with Crippen LogP contribution in [-0.2, 0) is 4.79 Å². The fourth-order valence-corrected chi connectivity index (χ4v) is 6.42. The van der Waals surface area contributed by atoms with Gasteiger partial charge in [0.25, 0.3) is 0 Å². The summed E-state index contributed by atoms with van der Waals surface area (Å²) in [6.07, 6.45) is 57.9. The van der Waals surface area contributed by atoms with Gasteiger partial charge in [0.1, 0.15) is 5.78 Å². The molecule has 0 aromatic rings. The lowest BCUT2D eigenvalue weighted by atomic mass is 9.89. The van der Waals surface area contributed by atoms with Crippen molar-refractivity contribution in [1.29, 1.82) is 0 Å². The predicted octanol–water partition coefficient (Wildman–Crippen LogP) is 14.7. The van der Waals surface area contributed by atoms with Crippen molar-refractivity contribution >= 4 is 5.78 Å². The molecule has 0 saturated carbocycles. The van der Waals surface area contributed by atoms with Crippen LogP contribution in [0.4, 0.5) is 0 Å². The number of rotatable bonds is 38. The van der Waals surface area contributed by atoms with E-state index in [0.29, 0.717) is 11.7 Å². The molecule has 0 saturated heterocycles. The Morgan fingerprint density at radius 1 is 0.468 bits per heavy atom. The number of allylic oxidation sites excluding steroid dienone is 8. The molecular formula is C45H83NO. The van der Waals surface area contributed by atoms with Crippen LogP contribution >= 0.6 is 0 Å². The number of carbonyl (C=O) groups is 1. The molecule has 0 fully saturated rings. The minimum atomic E-state index is 0.517. The first-order valence-electron chi connectivity index (χ1n) is 21.0. The Bertz CT molecular complexity index is 732. The SMILES string of the molecule is CCCCC/C=C\CC=CCCCCCCCCCC(CCCCCCCC/C=C\C/C=C\CCCCC)CC(=O)CCCCNC. The molecule has 0 bridgehead atoms. The van der Waals surface area contributed by atoms with Gasteiger partial charge in [-0.2, -0.15) is 0 Å². The second-order valence-electron chi connectivity index (χ2n) is 14.3. The van der Waals surface area contributed by atoms with Crippen LogP contribution in [0.15, 0.2) is 48.6 Å². The van der Waals surface area contributed by atoms with Crippen LogP contribution in [0.5, 0.6) is 0 Å². The summed E-state index contributed by atoms with van der Waals surface area (Å²) >= 11 is 0. The Kier molecular flexibility index (Phi) is 39.5. The van der Waals surface area contributed by atoms with Crippen LogP contribution in [0.1, 0.15) is 213 Å². The van der Waals surface area contributed by atoms with Gasteiger partial charge in [-0.15, -0.1) is 0 Å². The van der Waals surface area contributed by atoms with Crippen molar-refractivity contribution in [3.63, 3.8) is 0 Å². The van der Waals surface area contributed by atoms with Gasteiger partial charge in [0.05, 0.1) is 0 Å². The molecule has 0 aliphatic carbocycles. The highest BCUT2D eigenvalue weighted by atomic mass is 16.1. The Morgan fingerprint density at radius 2 is 0.851 bits per heavy atom. The van der Waals surface area contributed by atoms with Crippen molar-refractivity contribution in [1.82, 2.24) is 5.32 Å². The van der Waals surface area contributed by atoms with E-state index in [9.17, 15) is 4.79 Å². The van der Waals surface area contributed by atoms with Crippen LogP contribution in [0.3, 0.4) is 0 Å². The van der Waals surface area contributed by atoms with Crippen molar-refractivity contribution in [2.24, 2.45) is 5.92 Å². The minimum Gasteiger partial charge on any atom is -0.320 e. The minimum absolute atomic E-state index is 0.517. The van der Waals surface area contributed by atoms with Crippen molar-refractivity contribution in [3.8, 4) is 0 Å². The number of nitrogens with one attached hydrogen (secondary N) is 1. The van der Waals surface area contributed by atoms with Gasteiger partial charge in [-0.3, -0.25) is 4.79 Å². The zero-order chi connectivity index (χ0) is 34.1. The maximum atomic E-state index is 12.7. The number of ketones is 1. The zero-order valence-electron chi connectivity index (χ0n) is 32.2. The molecule has 0 aromatic carbocycles. The van der Waals surface area contributed by atoms with Crippen LogP contribution in [0.25, 0.3) is 0 Å². The van der Waals surface area contributed by atoms with Crippen LogP contribution < -0.4 is 5.32 Å². The van der Waals surface area contributed by atoms with E-state index in [1.807, 2.05) is 7.05 Å². The zero-order valence-corrected chi connectivity index (χ0v) is 32.2. The van der Waals surface area contributed by atoms with E-state index >= 15 is 0 Å². The molecule has 0 heterocycles. The molecule has 1 N–H and O–H groups in total. The van der Waals surface area contributed by atoms with E-state index in [-0.39, 0.29) is 0 Å². The third-order valence-corrected chi connectivity index (χ3v) is 9.52. The van der Waals surface area contributed by atoms with Crippen molar-refractivity contribution in [2.45, 2.75) is 213 Å². The molecule has 0 amide bonds. The van der Waals surface area contributed by atoms with Gasteiger partial charge in [-0.25, -0.2) is 0 Å². The molecule has 2 nitrogen and oxygen atoms in total. The summed E-state index contributed by atoms with van der Waals surface area (Å²) in [4.78, 5) is 12.7. The number of hydrogen-bond acceptors (Lipinski definition) is 2. The van der Waals surface area contributed by atoms with Gasteiger partial charge in [-0.05, 0) is 96.6 Å². The lowest BCUT2D eigenvalue weighted by Gasteiger charge is -2.16. The molecule has 2 heteroatoms. The second-order valence-corrected chi connectivity index (χ2v) is 14.3. The first kappa shape index (κ1) is 45.6. The fourth-order valence-electron chi connectivity index (χ4n) is 6.42. The quantitative estimate of drug-likeness (QED) is 0.0531. The number of carbonyl (C=O) groups excluding carboxylic acids is 1. The Balaban J connectivity index is 3.98. The van der Waals surface area contributed by atoms with Crippen LogP contribution in [0.2, 0.25) is 0 Å². The van der Waals surface area contributed by atoms with E-state index in [1.165, 1.54) is 161 Å². The maximum absolute atomic E-state index is 12.7. The summed E-state index contributed by atoms with van der Waals surface area (Å²) in [7, 11) is 2.00. The summed E-state index contributed by atoms with van der Waals surface area (Å²) in [5.74, 6) is 1.14. The van der Waals surface area contributed by atoms with Crippen LogP contribution in [-0.4, -0.2) is 19.4 Å². The predicted molar refractivity (Wildman–Crippen MR) is 213 cm³/mol. The molecule has 47 heavy (non-hydrogen) atoms. The monoisotopic (exact) mass is 654 g/mol. The van der Waals surface area contributed by atoms with E-state index in [1.54, 1.807) is 0 Å². The standard InChI is InChI=1S/C45H83NO/c1-4-6-8-10-12-14-16-18-20-22-24-26-28-30-32-34-36-40-44(43-45(47)41-37-38-42-46-3)39-35-33-31-29-27-25-23-21-19-17-15-13-11-9-7-5-2/h12-15,18-21,44,46H,4-11,16-17,22-43H2,1-3H3/b14-12-,15-13-,20-18?,21-19-. The molecule has 0 spiro atoms. The molecule has 0 radical (unpaired) electrons. The van der Waals surface area contributed by atoms with Crippen molar-refractivity contribution < 1.29 is 4.79 Å². The highest BCUT2D eigenvalue weighted by Gasteiger charge is 2.13. The summed E-state index contributed by atoms with van der Waals surface area (Å²) in [5.41, 5.74) is 0. The largest absolute Gasteiger partial charge is 0.320 e. The fraction of sp³-hybridized carbons (Fsp3) is 0.800. The third-order valence-electron chi connectivity index (χ3n) is 9.52. The summed E-state index contributed by atoms with van der Waals surface area (Å²) in [6, 6.07) is 0. The van der Waals surface area contributed by atoms with E-state index in [2.05, 4.69) is 67.8 Å². The maximum Gasteiger partial charge on any atom is 0.133 e. The molecular weight excluding hydrogens is 571 g/mol. The van der Waals surface area contributed by atoms with Gasteiger partial charge in [0.2, 0.25) is 0 Å². The normalized spacial score (nSPS) is 12.9. The third kappa shape index (κ3) is 38.9. The van der Waals surface area contributed by atoms with Gasteiger partial charge in [-0.1, -0.05) is 172 Å².